The molecule has 0 aromatic carbocycles. The van der Waals surface area contributed by atoms with Crippen molar-refractivity contribution >= 4 is 0 Å². The molecule has 156 valence electrons. The topological polar surface area (TPSA) is 0 Å². The van der Waals surface area contributed by atoms with E-state index < -0.39 is 0 Å². The molecule has 0 bridgehead atoms. The van der Waals surface area contributed by atoms with Crippen LogP contribution in [-0.2, 0) is 21.7 Å². The van der Waals surface area contributed by atoms with E-state index in [1.54, 1.807) is 0 Å². The molecule has 2 saturated carbocycles. The first-order valence-corrected chi connectivity index (χ1v) is 11.1. The molecule has 0 N–H and O–H groups in total. The molecule has 0 nitrogen and oxygen atoms in total. The van der Waals surface area contributed by atoms with Crippen molar-refractivity contribution < 1.29 is 21.7 Å². The number of allylic oxidation sites excluding steroid dienone is 1. The summed E-state index contributed by atoms with van der Waals surface area (Å²) in [6, 6.07) is 0. The predicted molar refractivity (Wildman–Crippen MR) is 121 cm³/mol. The zero-order valence-corrected chi connectivity index (χ0v) is 21.8. The van der Waals surface area contributed by atoms with Gasteiger partial charge in [0.15, 0.2) is 0 Å². The molecule has 0 radical (unpaired) electrons. The van der Waals surface area contributed by atoms with Crippen LogP contribution in [0.1, 0.15) is 75.7 Å². The monoisotopic (exact) mass is 410 g/mol. The van der Waals surface area contributed by atoms with Crippen molar-refractivity contribution in [1.82, 2.24) is 0 Å². The molecule has 0 spiro atoms. The molecule has 2 rings (SSSR count). The summed E-state index contributed by atoms with van der Waals surface area (Å²) in [7, 11) is 0. The van der Waals surface area contributed by atoms with Gasteiger partial charge in [-0.05, 0) is 59.2 Å². The molecule has 1 heteroatoms. The summed E-state index contributed by atoms with van der Waals surface area (Å²) in [6.07, 6.45) is 2.74. The fraction of sp³-hybridized carbons (Fsp3) is 0.846. The third kappa shape index (κ3) is 8.38. The maximum atomic E-state index is 3.65. The molecule has 0 unspecified atom stereocenters. The first-order chi connectivity index (χ1) is 11.9. The van der Waals surface area contributed by atoms with Gasteiger partial charge in [0.1, 0.15) is 0 Å². The van der Waals surface area contributed by atoms with Crippen LogP contribution in [0.15, 0.2) is 12.7 Å². The van der Waals surface area contributed by atoms with E-state index in [9.17, 15) is 0 Å². The maximum absolute atomic E-state index is 3.65. The number of hydrogen-bond donors (Lipinski definition) is 0. The Morgan fingerprint density at radius 2 is 0.704 bits per heavy atom. The Bertz CT molecular complexity index is 268. The van der Waals surface area contributed by atoms with Gasteiger partial charge >= 0.3 is 21.7 Å². The molecule has 0 saturated heterocycles. The van der Waals surface area contributed by atoms with Crippen molar-refractivity contribution in [2.75, 3.05) is 0 Å². The van der Waals surface area contributed by atoms with Crippen LogP contribution in [0, 0.1) is 78.9 Å². The zero-order valence-electron chi connectivity index (χ0n) is 20.3. The fourth-order valence-corrected chi connectivity index (χ4v) is 5.02. The van der Waals surface area contributed by atoms with Crippen molar-refractivity contribution in [3.05, 3.63) is 26.5 Å². The Kier molecular flexibility index (Phi) is 15.0. The van der Waals surface area contributed by atoms with Crippen molar-refractivity contribution in [2.24, 2.45) is 65.1 Å². The van der Waals surface area contributed by atoms with Crippen molar-refractivity contribution in [3.63, 3.8) is 0 Å². The molecule has 0 heterocycles. The second kappa shape index (κ2) is 13.6. The van der Waals surface area contributed by atoms with Crippen LogP contribution in [0.5, 0.6) is 0 Å². The van der Waals surface area contributed by atoms with E-state index in [0.29, 0.717) is 0 Å². The molecule has 0 atom stereocenters. The molecule has 2 aliphatic rings. The van der Waals surface area contributed by atoms with E-state index in [4.69, 9.17) is 0 Å². The van der Waals surface area contributed by atoms with Gasteiger partial charge in [-0.2, -0.15) is 0 Å². The van der Waals surface area contributed by atoms with Crippen LogP contribution < -0.4 is 0 Å². The molecule has 2 aliphatic carbocycles. The summed E-state index contributed by atoms with van der Waals surface area (Å²) in [5, 5.41) is 0. The molecule has 0 aliphatic heterocycles. The Labute approximate surface area is 188 Å². The molecule has 0 amide bonds. The van der Waals surface area contributed by atoms with Gasteiger partial charge in [0, 0.05) is 0 Å². The van der Waals surface area contributed by atoms with Crippen LogP contribution in [0.2, 0.25) is 0 Å². The van der Waals surface area contributed by atoms with Gasteiger partial charge in [0.25, 0.3) is 0 Å². The van der Waals surface area contributed by atoms with Gasteiger partial charge in [0.2, 0.25) is 0 Å². The fourth-order valence-electron chi connectivity index (χ4n) is 5.02. The van der Waals surface area contributed by atoms with E-state index in [0.717, 1.165) is 65.6 Å². The Balaban J connectivity index is 0. The van der Waals surface area contributed by atoms with Crippen molar-refractivity contribution in [1.29, 1.82) is 0 Å². The Morgan fingerprint density at radius 3 is 0.741 bits per heavy atom. The number of hydrogen-bond acceptors (Lipinski definition) is 0. The largest absolute Gasteiger partial charge is 4.00 e. The minimum atomic E-state index is 0. The van der Waals surface area contributed by atoms with Crippen molar-refractivity contribution in [2.45, 2.75) is 75.7 Å². The Morgan fingerprint density at radius 1 is 0.556 bits per heavy atom. The van der Waals surface area contributed by atoms with Gasteiger partial charge in [-0.25, -0.2) is 0 Å². The minimum Gasteiger partial charge on any atom is -0.369 e. The van der Waals surface area contributed by atoms with Gasteiger partial charge in [-0.3, -0.25) is 0 Å². The van der Waals surface area contributed by atoms with E-state index >= 15 is 0 Å². The second-order valence-corrected chi connectivity index (χ2v) is 9.98. The first kappa shape index (κ1) is 29.7. The maximum Gasteiger partial charge on any atom is 4.00 e. The third-order valence-electron chi connectivity index (χ3n) is 8.79. The van der Waals surface area contributed by atoms with Crippen LogP contribution in [-0.4, -0.2) is 0 Å². The summed E-state index contributed by atoms with van der Waals surface area (Å²) >= 11 is 0. The van der Waals surface area contributed by atoms with Crippen LogP contribution >= 0.6 is 0 Å². The molecule has 0 aromatic heterocycles. The number of rotatable bonds is 2. The van der Waals surface area contributed by atoms with E-state index in [1.807, 2.05) is 6.08 Å². The quantitative estimate of drug-likeness (QED) is 0.244. The molecular formula is C26H50Ti+2. The molecule has 0 aromatic rings. The average Bonchev–Trinajstić information content (AvgIpc) is 2.86. The van der Waals surface area contributed by atoms with Crippen LogP contribution in [0.25, 0.3) is 0 Å². The first-order valence-electron chi connectivity index (χ1n) is 11.1. The summed E-state index contributed by atoms with van der Waals surface area (Å²) in [5.41, 5.74) is 0. The van der Waals surface area contributed by atoms with Crippen LogP contribution in [0.4, 0.5) is 0 Å². The van der Waals surface area contributed by atoms with E-state index in [1.165, 1.54) is 0 Å². The zero-order chi connectivity index (χ0) is 20.8. The van der Waals surface area contributed by atoms with Crippen LogP contribution in [0.3, 0.4) is 0 Å². The van der Waals surface area contributed by atoms with E-state index in [2.05, 4.69) is 89.7 Å². The predicted octanol–water partition coefficient (Wildman–Crippen LogP) is 8.21. The van der Waals surface area contributed by atoms with Gasteiger partial charge in [-0.15, -0.1) is 6.58 Å². The van der Waals surface area contributed by atoms with Gasteiger partial charge < -0.3 is 19.8 Å². The van der Waals surface area contributed by atoms with Gasteiger partial charge in [0.05, 0.1) is 0 Å². The third-order valence-corrected chi connectivity index (χ3v) is 8.79. The Hall–Kier alpha value is 0.454. The summed E-state index contributed by atoms with van der Waals surface area (Å²) < 4.78 is 0. The molecular weight excluding hydrogens is 360 g/mol. The minimum absolute atomic E-state index is 0. The summed E-state index contributed by atoms with van der Waals surface area (Å²) in [5.74, 6) is 9.63. The normalized spacial score (nSPS) is 43.1. The SMILES string of the molecule is C=CCC([CH2-])[CH2-].CC1C(C)C(C)C(C)C1C.CC1C(C)C(C)C(C)C1C.[Ti+4]. The average molecular weight is 411 g/mol. The standard InChI is InChI=1S/2C10H20.C6H10.Ti/c2*1-6-7(2)9(4)10(5)8(6)3;1-4-5-6(2)3;/h2*6-10H,1-5H3;4,6H,1-3,5H2;/q;;-2;+4. The smallest absolute Gasteiger partial charge is 0.369 e. The summed E-state index contributed by atoms with van der Waals surface area (Å²) in [6.45, 7) is 34.8. The molecule has 2 fully saturated rings. The van der Waals surface area contributed by atoms with E-state index in [-0.39, 0.29) is 27.6 Å². The molecule has 27 heavy (non-hydrogen) atoms. The van der Waals surface area contributed by atoms with Gasteiger partial charge in [-0.1, -0.05) is 81.7 Å². The summed E-state index contributed by atoms with van der Waals surface area (Å²) in [4.78, 5) is 0. The van der Waals surface area contributed by atoms with Crippen molar-refractivity contribution in [3.8, 4) is 0 Å². The second-order valence-electron chi connectivity index (χ2n) is 9.98.